The summed E-state index contributed by atoms with van der Waals surface area (Å²) in [6, 6.07) is 18.8. The third-order valence-corrected chi connectivity index (χ3v) is 4.78. The van der Waals surface area contributed by atoms with Gasteiger partial charge in [-0.15, -0.1) is 0 Å². The molecule has 0 radical (unpaired) electrons. The number of benzene rings is 3. The number of carbonyl (C=O) groups is 2. The number of ether oxygens (including phenoxy) is 1. The molecule has 0 aliphatic carbocycles. The van der Waals surface area contributed by atoms with Gasteiger partial charge in [-0.1, -0.05) is 42.5 Å². The van der Waals surface area contributed by atoms with Crippen molar-refractivity contribution in [1.29, 1.82) is 0 Å². The van der Waals surface area contributed by atoms with E-state index in [4.69, 9.17) is 4.74 Å². The average molecular weight is 408 g/mol. The molecule has 4 rings (SSSR count). The zero-order chi connectivity index (χ0) is 21.1. The summed E-state index contributed by atoms with van der Waals surface area (Å²) in [5.41, 5.74) is 1.05. The minimum atomic E-state index is -0.976. The van der Waals surface area contributed by atoms with Crippen LogP contribution in [0.1, 0.15) is 15.9 Å². The molecule has 1 aliphatic heterocycles. The van der Waals surface area contributed by atoms with Crippen LogP contribution in [0.4, 0.5) is 14.5 Å². The fourth-order valence-corrected chi connectivity index (χ4v) is 3.27. The quantitative estimate of drug-likeness (QED) is 0.716. The minimum Gasteiger partial charge on any atom is -0.477 e. The van der Waals surface area contributed by atoms with E-state index in [-0.39, 0.29) is 12.1 Å². The normalized spacial score (nSPS) is 15.1. The molecule has 0 aromatic heterocycles. The summed E-state index contributed by atoms with van der Waals surface area (Å²) in [5, 5.41) is 2.79. The summed E-state index contributed by atoms with van der Waals surface area (Å²) in [4.78, 5) is 27.0. The van der Waals surface area contributed by atoms with Gasteiger partial charge in [-0.05, 0) is 29.8 Å². The fraction of sp³-hybridized carbons (Fsp3) is 0.130. The molecule has 0 saturated carbocycles. The molecule has 0 fully saturated rings. The molecule has 0 unspecified atom stereocenters. The van der Waals surface area contributed by atoms with Crippen LogP contribution in [-0.2, 0) is 11.3 Å². The van der Waals surface area contributed by atoms with Crippen LogP contribution < -0.4 is 15.0 Å². The van der Waals surface area contributed by atoms with Crippen LogP contribution in [0.5, 0.6) is 5.75 Å². The van der Waals surface area contributed by atoms with Crippen LogP contribution in [-0.4, -0.2) is 24.5 Å². The molecule has 1 atom stereocenters. The molecular formula is C23H18F2N2O3. The van der Waals surface area contributed by atoms with Crippen LogP contribution in [0.15, 0.2) is 72.8 Å². The highest BCUT2D eigenvalue weighted by Gasteiger charge is 2.34. The molecule has 0 spiro atoms. The zero-order valence-electron chi connectivity index (χ0n) is 15.8. The van der Waals surface area contributed by atoms with Gasteiger partial charge in [0.05, 0.1) is 17.8 Å². The molecule has 2 amide bonds. The van der Waals surface area contributed by atoms with Gasteiger partial charge in [0.1, 0.15) is 17.4 Å². The van der Waals surface area contributed by atoms with Crippen molar-refractivity contribution in [2.75, 3.05) is 11.4 Å². The van der Waals surface area contributed by atoms with Crippen molar-refractivity contribution < 1.29 is 23.1 Å². The number of amides is 2. The van der Waals surface area contributed by atoms with Crippen molar-refractivity contribution >= 4 is 17.5 Å². The van der Waals surface area contributed by atoms with E-state index in [0.717, 1.165) is 17.7 Å². The second-order valence-corrected chi connectivity index (χ2v) is 6.82. The van der Waals surface area contributed by atoms with E-state index in [1.54, 1.807) is 24.3 Å². The van der Waals surface area contributed by atoms with Gasteiger partial charge in [-0.25, -0.2) is 8.78 Å². The number of hydrogen-bond acceptors (Lipinski definition) is 3. The molecule has 30 heavy (non-hydrogen) atoms. The van der Waals surface area contributed by atoms with E-state index in [9.17, 15) is 18.4 Å². The highest BCUT2D eigenvalue weighted by Crippen LogP contribution is 2.34. The van der Waals surface area contributed by atoms with E-state index in [0.29, 0.717) is 24.0 Å². The number of anilines is 1. The molecule has 1 N–H and O–H groups in total. The van der Waals surface area contributed by atoms with Gasteiger partial charge in [-0.2, -0.15) is 0 Å². The molecular weight excluding hydrogens is 390 g/mol. The van der Waals surface area contributed by atoms with Gasteiger partial charge in [0, 0.05) is 12.6 Å². The lowest BCUT2D eigenvalue weighted by Crippen LogP contribution is -2.50. The summed E-state index contributed by atoms with van der Waals surface area (Å²) < 4.78 is 33.2. The first-order valence-electron chi connectivity index (χ1n) is 9.37. The van der Waals surface area contributed by atoms with Crippen molar-refractivity contribution in [3.8, 4) is 5.75 Å². The molecule has 1 aliphatic rings. The van der Waals surface area contributed by atoms with Crippen molar-refractivity contribution in [3.63, 3.8) is 0 Å². The molecule has 1 heterocycles. The number of halogens is 2. The Balaban J connectivity index is 1.57. The summed E-state index contributed by atoms with van der Waals surface area (Å²) in [5.74, 6) is -2.48. The molecule has 0 saturated heterocycles. The van der Waals surface area contributed by atoms with Gasteiger partial charge in [0.15, 0.2) is 6.10 Å². The molecule has 7 heteroatoms. The average Bonchev–Trinajstić information content (AvgIpc) is 2.77. The van der Waals surface area contributed by atoms with Gasteiger partial charge < -0.3 is 15.0 Å². The van der Waals surface area contributed by atoms with Crippen molar-refractivity contribution in [2.24, 2.45) is 0 Å². The second kappa shape index (κ2) is 8.32. The first kappa shape index (κ1) is 19.6. The third-order valence-electron chi connectivity index (χ3n) is 4.78. The van der Waals surface area contributed by atoms with E-state index in [1.807, 2.05) is 30.3 Å². The number of carbonyl (C=O) groups excluding carboxylic acids is 2. The summed E-state index contributed by atoms with van der Waals surface area (Å²) in [6.45, 7) is 0.203. The van der Waals surface area contributed by atoms with E-state index in [1.165, 1.54) is 4.90 Å². The number of rotatable bonds is 4. The Kier molecular flexibility index (Phi) is 5.43. The largest absolute Gasteiger partial charge is 0.477 e. The Hall–Kier alpha value is -3.74. The summed E-state index contributed by atoms with van der Waals surface area (Å²) in [7, 11) is 0. The first-order valence-corrected chi connectivity index (χ1v) is 9.37. The number of nitrogens with zero attached hydrogens (tertiary/aromatic N) is 1. The van der Waals surface area contributed by atoms with Gasteiger partial charge >= 0.3 is 0 Å². The lowest BCUT2D eigenvalue weighted by Gasteiger charge is -2.34. The first-order chi connectivity index (χ1) is 14.5. The Morgan fingerprint density at radius 3 is 2.50 bits per heavy atom. The molecule has 152 valence electrons. The fourth-order valence-electron chi connectivity index (χ4n) is 3.27. The van der Waals surface area contributed by atoms with Gasteiger partial charge in [-0.3, -0.25) is 9.59 Å². The molecule has 3 aromatic rings. The lowest BCUT2D eigenvalue weighted by molar-refractivity contribution is -0.127. The summed E-state index contributed by atoms with van der Waals surface area (Å²) >= 11 is 0. The van der Waals surface area contributed by atoms with Crippen LogP contribution in [0.2, 0.25) is 0 Å². The predicted molar refractivity (Wildman–Crippen MR) is 107 cm³/mol. The standard InChI is InChI=1S/C23H18F2N2O3/c24-16-10-11-17(18(25)12-16)23(29)27-14-21(30-20-9-5-4-8-19(20)27)22(28)26-13-15-6-2-1-3-7-15/h1-12,21H,13-14H2,(H,26,28)/t21-/m1/s1. The summed E-state index contributed by atoms with van der Waals surface area (Å²) in [6.07, 6.45) is -0.976. The monoisotopic (exact) mass is 408 g/mol. The molecule has 0 bridgehead atoms. The predicted octanol–water partition coefficient (Wildman–Crippen LogP) is 3.69. The number of fused-ring (bicyclic) bond motifs is 1. The lowest BCUT2D eigenvalue weighted by atomic mass is 10.1. The number of nitrogens with one attached hydrogen (secondary N) is 1. The van der Waals surface area contributed by atoms with Gasteiger partial charge in [0.2, 0.25) is 0 Å². The van der Waals surface area contributed by atoms with Crippen molar-refractivity contribution in [1.82, 2.24) is 5.32 Å². The zero-order valence-corrected chi connectivity index (χ0v) is 15.8. The molecule has 5 nitrogen and oxygen atoms in total. The maximum absolute atomic E-state index is 14.2. The van der Waals surface area contributed by atoms with Crippen LogP contribution in [0.3, 0.4) is 0 Å². The Morgan fingerprint density at radius 2 is 1.73 bits per heavy atom. The van der Waals surface area contributed by atoms with Gasteiger partial charge in [0.25, 0.3) is 11.8 Å². The van der Waals surface area contributed by atoms with E-state index < -0.39 is 29.6 Å². The smallest absolute Gasteiger partial charge is 0.263 e. The van der Waals surface area contributed by atoms with Crippen LogP contribution in [0, 0.1) is 11.6 Å². The molecule has 3 aromatic carbocycles. The highest BCUT2D eigenvalue weighted by molar-refractivity contribution is 6.08. The minimum absolute atomic E-state index is 0.104. The van der Waals surface area contributed by atoms with Crippen LogP contribution >= 0.6 is 0 Å². The van der Waals surface area contributed by atoms with Crippen molar-refractivity contribution in [3.05, 3.63) is 95.6 Å². The third kappa shape index (κ3) is 4.00. The number of hydrogen-bond donors (Lipinski definition) is 1. The SMILES string of the molecule is O=C(NCc1ccccc1)[C@H]1CN(C(=O)c2ccc(F)cc2F)c2ccccc2O1. The highest BCUT2D eigenvalue weighted by atomic mass is 19.1. The second-order valence-electron chi connectivity index (χ2n) is 6.82. The number of para-hydroxylation sites is 2. The Labute approximate surface area is 171 Å². The topological polar surface area (TPSA) is 58.6 Å². The van der Waals surface area contributed by atoms with Crippen molar-refractivity contribution in [2.45, 2.75) is 12.6 Å². The van der Waals surface area contributed by atoms with E-state index in [2.05, 4.69) is 5.32 Å². The van der Waals surface area contributed by atoms with Crippen LogP contribution in [0.25, 0.3) is 0 Å². The maximum atomic E-state index is 14.2. The maximum Gasteiger partial charge on any atom is 0.263 e. The Bertz CT molecular complexity index is 1090. The van der Waals surface area contributed by atoms with E-state index >= 15 is 0 Å². The Morgan fingerprint density at radius 1 is 1.00 bits per heavy atom.